The number of benzene rings is 1. The summed E-state index contributed by atoms with van der Waals surface area (Å²) in [5, 5.41) is 3.65. The quantitative estimate of drug-likeness (QED) is 0.731. The zero-order valence-electron chi connectivity index (χ0n) is 13.2. The maximum Gasteiger partial charge on any atom is 0.240 e. The van der Waals surface area contributed by atoms with E-state index in [1.54, 1.807) is 30.0 Å². The maximum absolute atomic E-state index is 12.3. The molecule has 0 heterocycles. The van der Waals surface area contributed by atoms with Gasteiger partial charge in [0.2, 0.25) is 10.0 Å². The van der Waals surface area contributed by atoms with E-state index in [0.29, 0.717) is 16.7 Å². The Bertz CT molecular complexity index is 528. The minimum Gasteiger partial charge on any atom is -0.313 e. The van der Waals surface area contributed by atoms with Crippen molar-refractivity contribution in [3.63, 3.8) is 0 Å². The highest BCUT2D eigenvalue weighted by atomic mass is 32.2. The molecule has 0 amide bonds. The van der Waals surface area contributed by atoms with Crippen molar-refractivity contribution in [1.29, 1.82) is 0 Å². The molecule has 0 saturated heterocycles. The van der Waals surface area contributed by atoms with Crippen LogP contribution in [0.3, 0.4) is 0 Å². The number of nitrogens with one attached hydrogen (secondary N) is 2. The monoisotopic (exact) mass is 330 g/mol. The van der Waals surface area contributed by atoms with Crippen molar-refractivity contribution < 1.29 is 8.42 Å². The molecule has 2 unspecified atom stereocenters. The molecule has 1 aromatic carbocycles. The Balaban J connectivity index is 2.81. The van der Waals surface area contributed by atoms with Crippen LogP contribution < -0.4 is 10.0 Å². The standard InChI is InChI=1S/C15H26N2O2S2/c1-5-15(16-3)13-7-6-8-14(11-13)21(18,19)17-10-9-12(2)20-4/h6-8,11-12,15-17H,5,9-10H2,1-4H3. The predicted octanol–water partition coefficient (Wildman–Crippen LogP) is 2.78. The van der Waals surface area contributed by atoms with Gasteiger partial charge in [-0.2, -0.15) is 11.8 Å². The molecule has 0 aliphatic carbocycles. The fourth-order valence-electron chi connectivity index (χ4n) is 2.10. The second-order valence-electron chi connectivity index (χ2n) is 5.05. The molecule has 0 aliphatic rings. The van der Waals surface area contributed by atoms with Crippen LogP contribution in [0.2, 0.25) is 0 Å². The first-order valence-corrected chi connectivity index (χ1v) is 10.0. The van der Waals surface area contributed by atoms with Crippen molar-refractivity contribution in [2.45, 2.75) is 42.9 Å². The minimum absolute atomic E-state index is 0.177. The van der Waals surface area contributed by atoms with Crippen molar-refractivity contribution in [1.82, 2.24) is 10.0 Å². The molecule has 6 heteroatoms. The van der Waals surface area contributed by atoms with Crippen LogP contribution in [0.15, 0.2) is 29.2 Å². The lowest BCUT2D eigenvalue weighted by Crippen LogP contribution is -2.26. The largest absolute Gasteiger partial charge is 0.313 e. The van der Waals surface area contributed by atoms with Crippen LogP contribution in [-0.2, 0) is 10.0 Å². The van der Waals surface area contributed by atoms with E-state index in [9.17, 15) is 8.42 Å². The van der Waals surface area contributed by atoms with Gasteiger partial charge in [-0.1, -0.05) is 26.0 Å². The van der Waals surface area contributed by atoms with Crippen molar-refractivity contribution in [3.8, 4) is 0 Å². The molecule has 120 valence electrons. The van der Waals surface area contributed by atoms with Gasteiger partial charge in [-0.15, -0.1) is 0 Å². The third kappa shape index (κ3) is 5.62. The summed E-state index contributed by atoms with van der Waals surface area (Å²) in [6.45, 7) is 4.64. The lowest BCUT2D eigenvalue weighted by Gasteiger charge is -2.16. The van der Waals surface area contributed by atoms with Crippen LogP contribution in [0.4, 0.5) is 0 Å². The first-order valence-electron chi connectivity index (χ1n) is 7.24. The summed E-state index contributed by atoms with van der Waals surface area (Å²) < 4.78 is 27.3. The minimum atomic E-state index is -3.42. The highest BCUT2D eigenvalue weighted by Gasteiger charge is 2.16. The summed E-state index contributed by atoms with van der Waals surface area (Å²) in [6, 6.07) is 7.34. The Morgan fingerprint density at radius 3 is 2.62 bits per heavy atom. The summed E-state index contributed by atoms with van der Waals surface area (Å²) in [5.41, 5.74) is 1.00. The Hall–Kier alpha value is -0.560. The van der Waals surface area contributed by atoms with Gasteiger partial charge in [0, 0.05) is 17.8 Å². The van der Waals surface area contributed by atoms with Crippen LogP contribution in [0.1, 0.15) is 38.3 Å². The average molecular weight is 331 g/mol. The van der Waals surface area contributed by atoms with Crippen molar-refractivity contribution in [3.05, 3.63) is 29.8 Å². The second-order valence-corrected chi connectivity index (χ2v) is 8.10. The summed E-state index contributed by atoms with van der Waals surface area (Å²) in [5.74, 6) is 0. The van der Waals surface area contributed by atoms with Crippen LogP contribution in [0.5, 0.6) is 0 Å². The molecule has 2 atom stereocenters. The molecule has 0 aliphatic heterocycles. The molecule has 2 N–H and O–H groups in total. The maximum atomic E-state index is 12.3. The highest BCUT2D eigenvalue weighted by molar-refractivity contribution is 7.99. The van der Waals surface area contributed by atoms with Crippen LogP contribution >= 0.6 is 11.8 Å². The molecule has 0 bridgehead atoms. The van der Waals surface area contributed by atoms with Crippen LogP contribution in [-0.4, -0.2) is 33.5 Å². The molecule has 1 aromatic rings. The summed E-state index contributed by atoms with van der Waals surface area (Å²) in [4.78, 5) is 0.338. The molecule has 0 spiro atoms. The summed E-state index contributed by atoms with van der Waals surface area (Å²) >= 11 is 1.74. The topological polar surface area (TPSA) is 58.2 Å². The molecule has 0 radical (unpaired) electrons. The molecule has 0 aromatic heterocycles. The van der Waals surface area contributed by atoms with Gasteiger partial charge in [-0.25, -0.2) is 13.1 Å². The molecule has 21 heavy (non-hydrogen) atoms. The Labute approximate surface area is 133 Å². The van der Waals surface area contributed by atoms with E-state index in [2.05, 4.69) is 23.9 Å². The van der Waals surface area contributed by atoms with Gasteiger partial charge in [0.05, 0.1) is 4.90 Å². The van der Waals surface area contributed by atoms with E-state index in [4.69, 9.17) is 0 Å². The van der Waals surface area contributed by atoms with Crippen molar-refractivity contribution in [2.75, 3.05) is 19.8 Å². The summed E-state index contributed by atoms with van der Waals surface area (Å²) in [7, 11) is -1.54. The molecule has 0 saturated carbocycles. The second kappa shape index (κ2) is 8.78. The fraction of sp³-hybridized carbons (Fsp3) is 0.600. The van der Waals surface area contributed by atoms with Gasteiger partial charge >= 0.3 is 0 Å². The van der Waals surface area contributed by atoms with Gasteiger partial charge in [0.1, 0.15) is 0 Å². The van der Waals surface area contributed by atoms with E-state index < -0.39 is 10.0 Å². The lowest BCUT2D eigenvalue weighted by atomic mass is 10.1. The lowest BCUT2D eigenvalue weighted by molar-refractivity contribution is 0.569. The van der Waals surface area contributed by atoms with Gasteiger partial charge in [0.15, 0.2) is 0 Å². The molecule has 0 fully saturated rings. The summed E-state index contributed by atoms with van der Waals surface area (Å²) in [6.07, 6.45) is 3.78. The third-order valence-corrected chi connectivity index (χ3v) is 6.07. The van der Waals surface area contributed by atoms with E-state index in [1.165, 1.54) is 0 Å². The first-order chi connectivity index (χ1) is 9.94. The predicted molar refractivity (Wildman–Crippen MR) is 91.3 cm³/mol. The Morgan fingerprint density at radius 2 is 2.05 bits per heavy atom. The first kappa shape index (κ1) is 18.5. The van der Waals surface area contributed by atoms with Gasteiger partial charge in [-0.3, -0.25) is 0 Å². The van der Waals surface area contributed by atoms with E-state index in [1.807, 2.05) is 19.4 Å². The van der Waals surface area contributed by atoms with E-state index >= 15 is 0 Å². The number of rotatable bonds is 9. The van der Waals surface area contributed by atoms with E-state index in [0.717, 1.165) is 18.4 Å². The van der Waals surface area contributed by atoms with Gasteiger partial charge in [-0.05, 0) is 43.8 Å². The number of hydrogen-bond donors (Lipinski definition) is 2. The van der Waals surface area contributed by atoms with Crippen molar-refractivity contribution in [2.24, 2.45) is 0 Å². The smallest absolute Gasteiger partial charge is 0.240 e. The Morgan fingerprint density at radius 1 is 1.33 bits per heavy atom. The van der Waals surface area contributed by atoms with Crippen LogP contribution in [0, 0.1) is 0 Å². The van der Waals surface area contributed by atoms with E-state index in [-0.39, 0.29) is 6.04 Å². The zero-order valence-corrected chi connectivity index (χ0v) is 14.9. The molecular formula is C15H26N2O2S2. The number of sulfonamides is 1. The fourth-order valence-corrected chi connectivity index (χ4v) is 3.56. The Kier molecular flexibility index (Phi) is 7.73. The number of hydrogen-bond acceptors (Lipinski definition) is 4. The van der Waals surface area contributed by atoms with Gasteiger partial charge in [0.25, 0.3) is 0 Å². The molecule has 1 rings (SSSR count). The highest BCUT2D eigenvalue weighted by Crippen LogP contribution is 2.20. The average Bonchev–Trinajstić information content (AvgIpc) is 2.48. The zero-order chi connectivity index (χ0) is 15.9. The third-order valence-electron chi connectivity index (χ3n) is 3.57. The molecule has 4 nitrogen and oxygen atoms in total. The van der Waals surface area contributed by atoms with Crippen LogP contribution in [0.25, 0.3) is 0 Å². The SMILES string of the molecule is CCC(NC)c1cccc(S(=O)(=O)NCCC(C)SC)c1. The van der Waals surface area contributed by atoms with Gasteiger partial charge < -0.3 is 5.32 Å². The normalized spacial score (nSPS) is 14.9. The number of thioether (sulfide) groups is 1. The molecular weight excluding hydrogens is 304 g/mol. The van der Waals surface area contributed by atoms with Crippen molar-refractivity contribution >= 4 is 21.8 Å².